The Morgan fingerprint density at radius 2 is 1.73 bits per heavy atom. The molecule has 1 aromatic heterocycles. The average molecular weight is 977 g/mol. The summed E-state index contributed by atoms with van der Waals surface area (Å²) in [7, 11) is -4.03. The maximum Gasteiger partial charge on any atom is 0.408 e. The minimum absolute atomic E-state index is 0.0179. The number of pyridine rings is 1. The zero-order valence-electron chi connectivity index (χ0n) is 40.9. The zero-order valence-corrected chi connectivity index (χ0v) is 41.7. The lowest BCUT2D eigenvalue weighted by molar-refractivity contribution is -0.142. The van der Waals surface area contributed by atoms with Gasteiger partial charge in [0.2, 0.25) is 27.7 Å². The van der Waals surface area contributed by atoms with Gasteiger partial charge in [-0.25, -0.2) is 18.2 Å². The molecule has 4 amide bonds. The molecule has 9 rings (SSSR count). The first-order chi connectivity index (χ1) is 33.5. The number of hydrogen-bond acceptors (Lipinski definition) is 11. The van der Waals surface area contributed by atoms with Crippen LogP contribution in [0.2, 0.25) is 0 Å². The standard InChI is InChI=1S/C54H68N6O9S/c1-6-37-32-54(37,50(63)59-70(65,66)53(5)25-26-53)58-47(61)43-31-38-33-60(43)49(62)46(52(2,3)4)57-51(64)69-44-30-36(44)17-8-7-9-22-41-45(40-21-12-13-23-42(40)56-48(41)68-38)67-29-15-27-55-28-24-35-19-14-18-34-16-10-11-20-39(34)35/h6,10-14,16,18-21,23,36-38,43-44,46,55H,1,7-9,15,17,22,24-33H2,2-5H3,(H,57,64)(H,58,61)(H,59,63)/t36-,37-,38-,43+,44-,46-,54-/m1/s1. The van der Waals surface area contributed by atoms with Crippen molar-refractivity contribution in [2.45, 2.75) is 139 Å². The molecule has 0 unspecified atom stereocenters. The van der Waals surface area contributed by atoms with E-state index in [0.29, 0.717) is 43.0 Å². The van der Waals surface area contributed by atoms with E-state index in [9.17, 15) is 27.6 Å². The number of amides is 4. The fourth-order valence-corrected chi connectivity index (χ4v) is 11.5. The highest BCUT2D eigenvalue weighted by molar-refractivity contribution is 7.91. The maximum atomic E-state index is 15.0. The van der Waals surface area contributed by atoms with Gasteiger partial charge in [-0.2, -0.15) is 0 Å². The number of hydrogen-bond donors (Lipinski definition) is 4. The lowest BCUT2D eigenvalue weighted by Crippen LogP contribution is -2.60. The van der Waals surface area contributed by atoms with Crippen molar-refractivity contribution in [2.24, 2.45) is 17.3 Å². The summed E-state index contributed by atoms with van der Waals surface area (Å²) >= 11 is 0. The summed E-state index contributed by atoms with van der Waals surface area (Å²) in [5, 5.41) is 12.7. The number of benzene rings is 3. The molecule has 0 radical (unpaired) electrons. The highest BCUT2D eigenvalue weighted by Gasteiger charge is 2.63. The second-order valence-electron chi connectivity index (χ2n) is 21.4. The normalized spacial score (nSPS) is 26.5. The molecular formula is C54H68N6O9S. The van der Waals surface area contributed by atoms with Gasteiger partial charge in [0.15, 0.2) is 0 Å². The van der Waals surface area contributed by atoms with Gasteiger partial charge in [0.1, 0.15) is 35.6 Å². The van der Waals surface area contributed by atoms with E-state index in [0.717, 1.165) is 69.0 Å². The molecule has 3 heterocycles. The van der Waals surface area contributed by atoms with Gasteiger partial charge in [0.05, 0.1) is 29.0 Å². The van der Waals surface area contributed by atoms with Crippen LogP contribution in [0.15, 0.2) is 79.4 Å². The second kappa shape index (κ2) is 19.8. The van der Waals surface area contributed by atoms with Crippen molar-refractivity contribution in [3.05, 3.63) is 90.5 Å². The van der Waals surface area contributed by atoms with Crippen LogP contribution in [0.5, 0.6) is 11.6 Å². The Morgan fingerprint density at radius 1 is 0.971 bits per heavy atom. The fourth-order valence-electron chi connectivity index (χ4n) is 10.2. The fraction of sp³-hybridized carbons (Fsp3) is 0.537. The number of carbonyl (C=O) groups excluding carboxylic acids is 4. The van der Waals surface area contributed by atoms with Crippen molar-refractivity contribution >= 4 is 55.5 Å². The summed E-state index contributed by atoms with van der Waals surface area (Å²) in [6, 6.07) is 20.4. The van der Waals surface area contributed by atoms with E-state index in [-0.39, 0.29) is 31.4 Å². The molecule has 2 aliphatic heterocycles. The van der Waals surface area contributed by atoms with E-state index < -0.39 is 73.6 Å². The molecule has 3 aliphatic carbocycles. The molecule has 4 N–H and O–H groups in total. The minimum atomic E-state index is -4.03. The van der Waals surface area contributed by atoms with E-state index in [1.165, 1.54) is 27.3 Å². The Labute approximate surface area is 411 Å². The Hall–Kier alpha value is -5.74. The molecule has 0 spiro atoms. The second-order valence-corrected chi connectivity index (χ2v) is 23.6. The van der Waals surface area contributed by atoms with Gasteiger partial charge >= 0.3 is 6.09 Å². The third-order valence-corrected chi connectivity index (χ3v) is 17.3. The van der Waals surface area contributed by atoms with Crippen molar-refractivity contribution in [3.8, 4) is 11.6 Å². The number of aromatic nitrogens is 1. The van der Waals surface area contributed by atoms with Crippen molar-refractivity contribution in [1.82, 2.24) is 30.6 Å². The van der Waals surface area contributed by atoms with Crippen molar-refractivity contribution in [1.29, 1.82) is 0 Å². The van der Waals surface area contributed by atoms with Crippen molar-refractivity contribution in [2.75, 3.05) is 26.2 Å². The van der Waals surface area contributed by atoms with Crippen LogP contribution in [0.25, 0.3) is 21.7 Å². The molecule has 4 fully saturated rings. The predicted molar refractivity (Wildman–Crippen MR) is 268 cm³/mol. The van der Waals surface area contributed by atoms with Gasteiger partial charge < -0.3 is 35.1 Å². The van der Waals surface area contributed by atoms with Crippen LogP contribution in [-0.4, -0.2) is 103 Å². The highest BCUT2D eigenvalue weighted by atomic mass is 32.2. The maximum absolute atomic E-state index is 15.0. The largest absolute Gasteiger partial charge is 0.492 e. The first kappa shape index (κ1) is 49.2. The third-order valence-electron chi connectivity index (χ3n) is 15.1. The number of rotatable bonds is 14. The number of ether oxygens (including phenoxy) is 3. The summed E-state index contributed by atoms with van der Waals surface area (Å²) in [6.45, 7) is 12.9. The van der Waals surface area contributed by atoms with Gasteiger partial charge in [-0.15, -0.1) is 6.58 Å². The van der Waals surface area contributed by atoms with Crippen LogP contribution >= 0.6 is 0 Å². The number of alkyl carbamates (subject to hydrolysis) is 1. The Morgan fingerprint density at radius 3 is 2.49 bits per heavy atom. The summed E-state index contributed by atoms with van der Waals surface area (Å²) in [4.78, 5) is 63.5. The molecular weight excluding hydrogens is 909 g/mol. The first-order valence-electron chi connectivity index (χ1n) is 25.2. The highest BCUT2D eigenvalue weighted by Crippen LogP contribution is 2.47. The number of sulfonamides is 1. The van der Waals surface area contributed by atoms with Crippen LogP contribution in [0.4, 0.5) is 4.79 Å². The van der Waals surface area contributed by atoms with Gasteiger partial charge in [0, 0.05) is 17.7 Å². The average Bonchev–Trinajstić information content (AvgIpc) is 4.29. The molecule has 7 atom stereocenters. The van der Waals surface area contributed by atoms with Crippen LogP contribution in [0.1, 0.15) is 103 Å². The summed E-state index contributed by atoms with van der Waals surface area (Å²) in [5.74, 6) is -1.27. The van der Waals surface area contributed by atoms with Crippen molar-refractivity contribution < 1.29 is 41.8 Å². The van der Waals surface area contributed by atoms with Crippen LogP contribution < -0.4 is 30.1 Å². The number of carbonyl (C=O) groups is 4. The molecule has 374 valence electrons. The first-order valence-corrected chi connectivity index (χ1v) is 26.7. The monoisotopic (exact) mass is 976 g/mol. The summed E-state index contributed by atoms with van der Waals surface area (Å²) < 4.78 is 47.1. The number of nitrogens with zero attached hydrogens (tertiary/aromatic N) is 2. The quantitative estimate of drug-likeness (QED) is 0.0748. The zero-order chi connectivity index (χ0) is 49.4. The molecule has 4 aromatic rings. The minimum Gasteiger partial charge on any atom is -0.492 e. The molecule has 70 heavy (non-hydrogen) atoms. The molecule has 5 aliphatic rings. The number of para-hydroxylation sites is 1. The lowest BCUT2D eigenvalue weighted by Gasteiger charge is -2.35. The van der Waals surface area contributed by atoms with E-state index in [1.54, 1.807) is 6.92 Å². The Kier molecular flexibility index (Phi) is 13.9. The Balaban J connectivity index is 0.978. The van der Waals surface area contributed by atoms with Gasteiger partial charge in [0.25, 0.3) is 5.91 Å². The van der Waals surface area contributed by atoms with E-state index in [1.807, 2.05) is 45.0 Å². The molecule has 2 bridgehead atoms. The lowest BCUT2D eigenvalue weighted by atomic mass is 9.85. The SMILES string of the molecule is C=C[C@@H]1C[C@]1(NC(=O)[C@@H]1C[C@@H]2CN1C(=O)[C@H](C(C)(C)C)NC(=O)O[C@@H]1C[C@H]1CCCCCc1c(nc3ccccc3c1OCCCNCCc1cccc3ccccc13)O2)C(=O)NS(=O)(=O)C1(C)CC1. The molecule has 1 saturated heterocycles. The molecule has 3 aromatic carbocycles. The van der Waals surface area contributed by atoms with Gasteiger partial charge in [-0.3, -0.25) is 19.1 Å². The third kappa shape index (κ3) is 10.5. The van der Waals surface area contributed by atoms with Gasteiger partial charge in [-0.05, 0) is 118 Å². The summed E-state index contributed by atoms with van der Waals surface area (Å²) in [6.07, 6.45) is 7.43. The predicted octanol–water partition coefficient (Wildman–Crippen LogP) is 7.04. The Bertz CT molecular complexity index is 2770. The number of nitrogens with one attached hydrogen (secondary N) is 4. The topological polar surface area (TPSA) is 194 Å². The smallest absolute Gasteiger partial charge is 0.408 e. The van der Waals surface area contributed by atoms with Gasteiger partial charge in [-0.1, -0.05) is 94.3 Å². The van der Waals surface area contributed by atoms with E-state index >= 15 is 0 Å². The van der Waals surface area contributed by atoms with E-state index in [2.05, 4.69) is 69.7 Å². The molecule has 3 saturated carbocycles. The number of fused-ring (bicyclic) bond motifs is 6. The molecule has 16 heteroatoms. The van der Waals surface area contributed by atoms with Crippen LogP contribution in [0.3, 0.4) is 0 Å². The van der Waals surface area contributed by atoms with Crippen LogP contribution in [-0.2, 0) is 42.0 Å². The summed E-state index contributed by atoms with van der Waals surface area (Å²) in [5.41, 5.74) is 0.397. The van der Waals surface area contributed by atoms with E-state index in [4.69, 9.17) is 19.2 Å². The molecule has 15 nitrogen and oxygen atoms in total. The van der Waals surface area contributed by atoms with Crippen molar-refractivity contribution in [3.63, 3.8) is 0 Å². The van der Waals surface area contributed by atoms with Crippen LogP contribution in [0, 0.1) is 17.3 Å².